The van der Waals surface area contributed by atoms with Gasteiger partial charge < -0.3 is 5.73 Å². The molecule has 0 spiro atoms. The van der Waals surface area contributed by atoms with E-state index in [4.69, 9.17) is 11.1 Å². The highest BCUT2D eigenvalue weighted by Gasteiger charge is 2.26. The van der Waals surface area contributed by atoms with Crippen LogP contribution in [0.15, 0.2) is 84.1 Å². The normalized spacial score (nSPS) is 15.1. The molecule has 0 fully saturated rings. The summed E-state index contributed by atoms with van der Waals surface area (Å²) in [4.78, 5) is 13.8. The Morgan fingerprint density at radius 2 is 1.29 bits per heavy atom. The SMILES string of the molecule is CC1(C)C=C(N)C(C(=N)c2nc(-c3ccccc3)nc(-c3ccccc3)n2)=C1. The first-order valence-corrected chi connectivity index (χ1v) is 9.11. The molecule has 0 saturated carbocycles. The second-order valence-electron chi connectivity index (χ2n) is 7.39. The summed E-state index contributed by atoms with van der Waals surface area (Å²) >= 11 is 0. The molecule has 2 aromatic carbocycles. The monoisotopic (exact) mass is 367 g/mol. The van der Waals surface area contributed by atoms with E-state index in [-0.39, 0.29) is 11.1 Å². The lowest BCUT2D eigenvalue weighted by Crippen LogP contribution is -2.15. The third-order valence-electron chi connectivity index (χ3n) is 4.55. The number of allylic oxidation sites excluding steroid dienone is 3. The van der Waals surface area contributed by atoms with Crippen molar-refractivity contribution in [1.82, 2.24) is 15.0 Å². The Hall–Kier alpha value is -3.60. The highest BCUT2D eigenvalue weighted by Crippen LogP contribution is 2.32. The van der Waals surface area contributed by atoms with Crippen molar-refractivity contribution in [3.63, 3.8) is 0 Å². The minimum atomic E-state index is -0.191. The van der Waals surface area contributed by atoms with E-state index in [1.165, 1.54) is 0 Å². The van der Waals surface area contributed by atoms with Crippen molar-refractivity contribution < 1.29 is 0 Å². The van der Waals surface area contributed by atoms with Crippen LogP contribution < -0.4 is 5.73 Å². The lowest BCUT2D eigenvalue weighted by molar-refractivity contribution is 0.634. The average molecular weight is 367 g/mol. The summed E-state index contributed by atoms with van der Waals surface area (Å²) < 4.78 is 0. The molecule has 28 heavy (non-hydrogen) atoms. The van der Waals surface area contributed by atoms with Gasteiger partial charge in [-0.15, -0.1) is 0 Å². The molecule has 138 valence electrons. The topological polar surface area (TPSA) is 88.5 Å². The predicted molar refractivity (Wildman–Crippen MR) is 112 cm³/mol. The zero-order valence-electron chi connectivity index (χ0n) is 15.8. The van der Waals surface area contributed by atoms with E-state index in [1.54, 1.807) is 0 Å². The lowest BCUT2D eigenvalue weighted by Gasteiger charge is -2.11. The zero-order valence-corrected chi connectivity index (χ0v) is 15.8. The molecule has 1 aliphatic carbocycles. The molecular formula is C23H21N5. The van der Waals surface area contributed by atoms with Crippen LogP contribution in [0.2, 0.25) is 0 Å². The van der Waals surface area contributed by atoms with Gasteiger partial charge in [0, 0.05) is 27.8 Å². The van der Waals surface area contributed by atoms with Crippen molar-refractivity contribution in [3.8, 4) is 22.8 Å². The molecule has 0 radical (unpaired) electrons. The van der Waals surface area contributed by atoms with Crippen LogP contribution in [-0.2, 0) is 0 Å². The summed E-state index contributed by atoms with van der Waals surface area (Å²) in [5.41, 5.74) is 9.18. The van der Waals surface area contributed by atoms with Crippen LogP contribution in [0.5, 0.6) is 0 Å². The molecule has 0 unspecified atom stereocenters. The molecule has 0 aliphatic heterocycles. The number of hydrogen-bond acceptors (Lipinski definition) is 5. The molecule has 0 amide bonds. The number of aromatic nitrogens is 3. The number of nitrogens with zero attached hydrogens (tertiary/aromatic N) is 3. The van der Waals surface area contributed by atoms with E-state index in [2.05, 4.69) is 28.8 Å². The predicted octanol–water partition coefficient (Wildman–Crippen LogP) is 4.38. The van der Waals surface area contributed by atoms with E-state index in [9.17, 15) is 0 Å². The highest BCUT2D eigenvalue weighted by atomic mass is 15.0. The summed E-state index contributed by atoms with van der Waals surface area (Å²) in [7, 11) is 0. The highest BCUT2D eigenvalue weighted by molar-refractivity contribution is 6.11. The molecule has 4 rings (SSSR count). The summed E-state index contributed by atoms with van der Waals surface area (Å²) in [6, 6.07) is 19.4. The fourth-order valence-corrected chi connectivity index (χ4v) is 3.23. The maximum absolute atomic E-state index is 8.71. The summed E-state index contributed by atoms with van der Waals surface area (Å²) in [6.07, 6.45) is 3.94. The van der Waals surface area contributed by atoms with Gasteiger partial charge in [-0.25, -0.2) is 15.0 Å². The smallest absolute Gasteiger partial charge is 0.182 e. The van der Waals surface area contributed by atoms with Crippen LogP contribution >= 0.6 is 0 Å². The van der Waals surface area contributed by atoms with Crippen molar-refractivity contribution in [2.45, 2.75) is 13.8 Å². The van der Waals surface area contributed by atoms with E-state index >= 15 is 0 Å². The number of nitrogens with two attached hydrogens (primary N) is 1. The molecule has 5 nitrogen and oxygen atoms in total. The number of nitrogens with one attached hydrogen (secondary N) is 1. The minimum absolute atomic E-state index is 0.191. The van der Waals surface area contributed by atoms with Gasteiger partial charge in [-0.3, -0.25) is 5.41 Å². The molecule has 3 N–H and O–H groups in total. The van der Waals surface area contributed by atoms with Crippen LogP contribution in [-0.4, -0.2) is 20.7 Å². The van der Waals surface area contributed by atoms with Gasteiger partial charge in [-0.2, -0.15) is 0 Å². The molecule has 0 atom stereocenters. The van der Waals surface area contributed by atoms with Gasteiger partial charge in [0.05, 0.1) is 0 Å². The van der Waals surface area contributed by atoms with Crippen LogP contribution in [0.25, 0.3) is 22.8 Å². The maximum Gasteiger partial charge on any atom is 0.182 e. The summed E-state index contributed by atoms with van der Waals surface area (Å²) in [6.45, 7) is 4.11. The molecule has 3 aromatic rings. The molecule has 0 bridgehead atoms. The average Bonchev–Trinajstić information content (AvgIpc) is 3.00. The maximum atomic E-state index is 8.71. The van der Waals surface area contributed by atoms with Crippen LogP contribution in [0, 0.1) is 10.8 Å². The quantitative estimate of drug-likeness (QED) is 0.670. The van der Waals surface area contributed by atoms with Crippen LogP contribution in [0.3, 0.4) is 0 Å². The lowest BCUT2D eigenvalue weighted by atomic mass is 9.96. The summed E-state index contributed by atoms with van der Waals surface area (Å²) in [5.74, 6) is 1.39. The van der Waals surface area contributed by atoms with Gasteiger partial charge in [-0.1, -0.05) is 86.7 Å². The third kappa shape index (κ3) is 3.47. The van der Waals surface area contributed by atoms with Gasteiger partial charge in [0.15, 0.2) is 17.5 Å². The second-order valence-corrected chi connectivity index (χ2v) is 7.39. The molecule has 1 aromatic heterocycles. The standard InChI is InChI=1S/C23H21N5/c1-23(2)13-17(18(24)14-23)19(25)22-27-20(15-9-5-3-6-10-15)26-21(28-22)16-11-7-4-8-12-16/h3-14,25H,24H2,1-2H3. The first-order valence-electron chi connectivity index (χ1n) is 9.11. The van der Waals surface area contributed by atoms with Crippen LogP contribution in [0.1, 0.15) is 19.7 Å². The fraction of sp³-hybridized carbons (Fsp3) is 0.130. The second kappa shape index (κ2) is 6.85. The fourth-order valence-electron chi connectivity index (χ4n) is 3.23. The number of benzene rings is 2. The third-order valence-corrected chi connectivity index (χ3v) is 4.55. The van der Waals surface area contributed by atoms with Crippen molar-refractivity contribution >= 4 is 5.71 Å². The van der Waals surface area contributed by atoms with Gasteiger partial charge >= 0.3 is 0 Å². The van der Waals surface area contributed by atoms with Crippen LogP contribution in [0.4, 0.5) is 0 Å². The Balaban J connectivity index is 1.86. The van der Waals surface area contributed by atoms with E-state index in [1.807, 2.05) is 72.8 Å². The van der Waals surface area contributed by atoms with E-state index in [0.29, 0.717) is 28.7 Å². The number of rotatable bonds is 4. The Kier molecular flexibility index (Phi) is 4.35. The Bertz CT molecular complexity index is 1040. The first kappa shape index (κ1) is 17.8. The van der Waals surface area contributed by atoms with E-state index in [0.717, 1.165) is 11.1 Å². The molecule has 0 saturated heterocycles. The summed E-state index contributed by atoms with van der Waals surface area (Å²) in [5, 5.41) is 8.71. The van der Waals surface area contributed by atoms with Gasteiger partial charge in [0.25, 0.3) is 0 Å². The largest absolute Gasteiger partial charge is 0.398 e. The van der Waals surface area contributed by atoms with Crippen molar-refractivity contribution in [3.05, 3.63) is 89.9 Å². The zero-order chi connectivity index (χ0) is 19.7. The Morgan fingerprint density at radius 1 is 0.786 bits per heavy atom. The van der Waals surface area contributed by atoms with Gasteiger partial charge in [0.1, 0.15) is 5.71 Å². The molecular weight excluding hydrogens is 346 g/mol. The molecule has 1 heterocycles. The molecule has 1 aliphatic rings. The van der Waals surface area contributed by atoms with Crippen molar-refractivity contribution in [1.29, 1.82) is 5.41 Å². The molecule has 5 heteroatoms. The number of hydrogen-bond donors (Lipinski definition) is 2. The Labute approximate surface area is 164 Å². The minimum Gasteiger partial charge on any atom is -0.398 e. The first-order chi connectivity index (χ1) is 13.4. The van der Waals surface area contributed by atoms with Gasteiger partial charge in [0.2, 0.25) is 0 Å². The van der Waals surface area contributed by atoms with Crippen molar-refractivity contribution in [2.75, 3.05) is 0 Å². The Morgan fingerprint density at radius 3 is 1.71 bits per heavy atom. The van der Waals surface area contributed by atoms with Crippen molar-refractivity contribution in [2.24, 2.45) is 11.1 Å². The van der Waals surface area contributed by atoms with E-state index < -0.39 is 0 Å². The van der Waals surface area contributed by atoms with Gasteiger partial charge in [-0.05, 0) is 0 Å².